The van der Waals surface area contributed by atoms with Crippen LogP contribution in [0.5, 0.6) is 0 Å². The van der Waals surface area contributed by atoms with Crippen molar-refractivity contribution in [1.29, 1.82) is 0 Å². The zero-order chi connectivity index (χ0) is 11.1. The summed E-state index contributed by atoms with van der Waals surface area (Å²) in [5.74, 6) is 0.635. The van der Waals surface area contributed by atoms with Gasteiger partial charge in [-0.3, -0.25) is 4.79 Å². The Bertz CT molecular complexity index is 281. The molecule has 0 unspecified atom stereocenters. The smallest absolute Gasteiger partial charge is 0.307 e. The molecule has 0 aliphatic heterocycles. The lowest BCUT2D eigenvalue weighted by molar-refractivity contribution is 0.0918. The fraction of sp³-hybridized carbons (Fsp3) is 0.636. The number of carbonyl (C=O) groups is 1. The first-order chi connectivity index (χ1) is 7.20. The van der Waals surface area contributed by atoms with Crippen LogP contribution >= 0.6 is 0 Å². The number of unbranched alkanes of at least 4 members (excludes halogenated alkanes) is 1. The highest BCUT2D eigenvalue weighted by Gasteiger charge is 2.08. The number of rotatable bonds is 6. The van der Waals surface area contributed by atoms with Crippen LogP contribution in [0.3, 0.4) is 0 Å². The molecule has 0 atom stereocenters. The van der Waals surface area contributed by atoms with Gasteiger partial charge in [0.1, 0.15) is 6.26 Å². The average Bonchev–Trinajstić information content (AvgIpc) is 2.69. The highest BCUT2D eigenvalue weighted by molar-refractivity contribution is 5.89. The Morgan fingerprint density at radius 2 is 2.33 bits per heavy atom. The fourth-order valence-electron chi connectivity index (χ4n) is 1.29. The van der Waals surface area contributed by atoms with Crippen LogP contribution in [0.15, 0.2) is 16.9 Å². The van der Waals surface area contributed by atoms with Gasteiger partial charge in [0, 0.05) is 6.54 Å². The first-order valence-electron chi connectivity index (χ1n) is 5.38. The second kappa shape index (κ2) is 6.22. The molecule has 1 N–H and O–H groups in total. The van der Waals surface area contributed by atoms with E-state index >= 15 is 0 Å². The van der Waals surface area contributed by atoms with E-state index in [1.807, 2.05) is 0 Å². The van der Waals surface area contributed by atoms with Crippen molar-refractivity contribution in [3.63, 3.8) is 0 Å². The van der Waals surface area contributed by atoms with Crippen LogP contribution in [0.4, 0.5) is 0 Å². The Morgan fingerprint density at radius 1 is 1.53 bits per heavy atom. The monoisotopic (exact) mass is 210 g/mol. The summed E-state index contributed by atoms with van der Waals surface area (Å²) in [7, 11) is 0. The van der Waals surface area contributed by atoms with Crippen LogP contribution in [-0.2, 0) is 0 Å². The Morgan fingerprint density at radius 3 is 2.93 bits per heavy atom. The third-order valence-electron chi connectivity index (χ3n) is 2.12. The maximum absolute atomic E-state index is 11.3. The van der Waals surface area contributed by atoms with E-state index < -0.39 is 0 Å². The number of nitrogens with one attached hydrogen (secondary N) is 1. The summed E-state index contributed by atoms with van der Waals surface area (Å²) in [5.41, 5.74) is 0. The van der Waals surface area contributed by atoms with E-state index in [0.29, 0.717) is 6.54 Å². The molecule has 0 aliphatic carbocycles. The van der Waals surface area contributed by atoms with Crippen molar-refractivity contribution in [2.45, 2.75) is 33.1 Å². The van der Waals surface area contributed by atoms with Gasteiger partial charge < -0.3 is 9.73 Å². The molecule has 0 radical (unpaired) electrons. The van der Waals surface area contributed by atoms with Crippen molar-refractivity contribution in [3.05, 3.63) is 18.4 Å². The van der Waals surface area contributed by atoms with Crippen LogP contribution in [0.2, 0.25) is 0 Å². The number of hydrogen-bond donors (Lipinski definition) is 1. The third kappa shape index (κ3) is 4.63. The second-order valence-electron chi connectivity index (χ2n) is 3.98. The maximum atomic E-state index is 11.3. The molecule has 0 aliphatic rings. The predicted octanol–water partition coefficient (Wildman–Crippen LogP) is 2.23. The van der Waals surface area contributed by atoms with E-state index in [-0.39, 0.29) is 11.8 Å². The van der Waals surface area contributed by atoms with E-state index in [4.69, 9.17) is 4.42 Å². The van der Waals surface area contributed by atoms with Crippen molar-refractivity contribution >= 4 is 5.91 Å². The summed E-state index contributed by atoms with van der Waals surface area (Å²) < 4.78 is 4.87. The number of amides is 1. The van der Waals surface area contributed by atoms with E-state index in [1.54, 1.807) is 0 Å². The molecule has 0 fully saturated rings. The van der Waals surface area contributed by atoms with E-state index in [9.17, 15) is 4.79 Å². The molecule has 1 aromatic heterocycles. The number of oxazole rings is 1. The number of carbonyl (C=O) groups excluding carboxylic acids is 1. The standard InChI is InChI=1S/C11H18N2O2/c1-9(2)5-3-4-6-12-10(14)11-13-7-8-15-11/h7-9H,3-6H2,1-2H3,(H,12,14). The van der Waals surface area contributed by atoms with E-state index in [2.05, 4.69) is 24.1 Å². The maximum Gasteiger partial charge on any atom is 0.307 e. The largest absolute Gasteiger partial charge is 0.441 e. The molecule has 0 aromatic carbocycles. The number of nitrogens with zero attached hydrogens (tertiary/aromatic N) is 1. The van der Waals surface area contributed by atoms with Gasteiger partial charge in [0.05, 0.1) is 6.20 Å². The summed E-state index contributed by atoms with van der Waals surface area (Å²) in [5, 5.41) is 2.76. The lowest BCUT2D eigenvalue weighted by atomic mass is 10.1. The topological polar surface area (TPSA) is 55.1 Å². The molecular formula is C11H18N2O2. The quantitative estimate of drug-likeness (QED) is 0.732. The van der Waals surface area contributed by atoms with Crippen molar-refractivity contribution < 1.29 is 9.21 Å². The van der Waals surface area contributed by atoms with Gasteiger partial charge in [0.15, 0.2) is 0 Å². The Labute approximate surface area is 90.1 Å². The van der Waals surface area contributed by atoms with Crippen LogP contribution in [0.25, 0.3) is 0 Å². The van der Waals surface area contributed by atoms with Gasteiger partial charge >= 0.3 is 5.91 Å². The fourth-order valence-corrected chi connectivity index (χ4v) is 1.29. The molecule has 1 heterocycles. The summed E-state index contributed by atoms with van der Waals surface area (Å²) in [4.78, 5) is 15.1. The molecule has 1 rings (SSSR count). The van der Waals surface area contributed by atoms with Gasteiger partial charge in [-0.2, -0.15) is 0 Å². The minimum Gasteiger partial charge on any atom is -0.441 e. The van der Waals surface area contributed by atoms with Crippen LogP contribution in [-0.4, -0.2) is 17.4 Å². The molecule has 0 bridgehead atoms. The second-order valence-corrected chi connectivity index (χ2v) is 3.98. The molecule has 0 spiro atoms. The molecule has 1 aromatic rings. The Hall–Kier alpha value is -1.32. The highest BCUT2D eigenvalue weighted by atomic mass is 16.3. The third-order valence-corrected chi connectivity index (χ3v) is 2.12. The van der Waals surface area contributed by atoms with Gasteiger partial charge in [-0.25, -0.2) is 4.98 Å². The van der Waals surface area contributed by atoms with Gasteiger partial charge in [0.25, 0.3) is 5.89 Å². The minimum atomic E-state index is -0.232. The van der Waals surface area contributed by atoms with Crippen molar-refractivity contribution in [3.8, 4) is 0 Å². The zero-order valence-corrected chi connectivity index (χ0v) is 9.32. The van der Waals surface area contributed by atoms with E-state index in [1.165, 1.54) is 18.9 Å². The highest BCUT2D eigenvalue weighted by Crippen LogP contribution is 2.05. The van der Waals surface area contributed by atoms with Gasteiger partial charge in [-0.05, 0) is 12.3 Å². The molecule has 0 saturated heterocycles. The zero-order valence-electron chi connectivity index (χ0n) is 9.32. The lowest BCUT2D eigenvalue weighted by Crippen LogP contribution is -2.24. The van der Waals surface area contributed by atoms with Gasteiger partial charge in [-0.15, -0.1) is 0 Å². The number of hydrogen-bond acceptors (Lipinski definition) is 3. The molecule has 15 heavy (non-hydrogen) atoms. The van der Waals surface area contributed by atoms with Crippen molar-refractivity contribution in [2.75, 3.05) is 6.54 Å². The minimum absolute atomic E-state index is 0.138. The average molecular weight is 210 g/mol. The first-order valence-corrected chi connectivity index (χ1v) is 5.38. The number of aromatic nitrogens is 1. The van der Waals surface area contributed by atoms with E-state index in [0.717, 1.165) is 18.8 Å². The van der Waals surface area contributed by atoms with Gasteiger partial charge in [0.2, 0.25) is 0 Å². The summed E-state index contributed by atoms with van der Waals surface area (Å²) >= 11 is 0. The summed E-state index contributed by atoms with van der Waals surface area (Å²) in [6.07, 6.45) is 6.21. The Balaban J connectivity index is 2.08. The lowest BCUT2D eigenvalue weighted by Gasteiger charge is -2.04. The molecule has 4 nitrogen and oxygen atoms in total. The molecule has 1 amide bonds. The SMILES string of the molecule is CC(C)CCCCNC(=O)c1ncco1. The van der Waals surface area contributed by atoms with Crippen LogP contribution in [0, 0.1) is 5.92 Å². The molecular weight excluding hydrogens is 192 g/mol. The van der Waals surface area contributed by atoms with Crippen LogP contribution in [0.1, 0.15) is 43.8 Å². The van der Waals surface area contributed by atoms with Gasteiger partial charge in [-0.1, -0.05) is 26.7 Å². The molecule has 0 saturated carbocycles. The van der Waals surface area contributed by atoms with Crippen molar-refractivity contribution in [2.24, 2.45) is 5.92 Å². The predicted molar refractivity (Wildman–Crippen MR) is 57.5 cm³/mol. The molecule has 4 heteroatoms. The Kier molecular flexibility index (Phi) is 4.87. The summed E-state index contributed by atoms with van der Waals surface area (Å²) in [6, 6.07) is 0. The molecule has 84 valence electrons. The van der Waals surface area contributed by atoms with Crippen molar-refractivity contribution in [1.82, 2.24) is 10.3 Å². The normalized spacial score (nSPS) is 10.6. The first kappa shape index (κ1) is 11.8. The van der Waals surface area contributed by atoms with Crippen LogP contribution < -0.4 is 5.32 Å². The summed E-state index contributed by atoms with van der Waals surface area (Å²) in [6.45, 7) is 5.09.